The maximum Gasteiger partial charge on any atom is 0.194 e. The van der Waals surface area contributed by atoms with Gasteiger partial charge in [0.25, 0.3) is 0 Å². The lowest BCUT2D eigenvalue weighted by atomic mass is 9.85. The molecular formula is C25H25N3O2. The van der Waals surface area contributed by atoms with E-state index in [2.05, 4.69) is 17.0 Å². The van der Waals surface area contributed by atoms with Gasteiger partial charge in [-0.3, -0.25) is 14.8 Å². The van der Waals surface area contributed by atoms with Crippen LogP contribution in [0.4, 0.5) is 5.69 Å². The molecule has 2 heterocycles. The number of pyridine rings is 1. The van der Waals surface area contributed by atoms with Crippen molar-refractivity contribution in [1.82, 2.24) is 4.98 Å². The Kier molecular flexibility index (Phi) is 4.63. The fraction of sp³-hybridized carbons (Fsp3) is 0.320. The van der Waals surface area contributed by atoms with E-state index >= 15 is 0 Å². The van der Waals surface area contributed by atoms with Crippen LogP contribution in [0.15, 0.2) is 53.7 Å². The van der Waals surface area contributed by atoms with Crippen molar-refractivity contribution in [3.8, 4) is 11.3 Å². The first-order valence-corrected chi connectivity index (χ1v) is 10.7. The number of carbonyl (C=O) groups excluding carboxylic acids is 1. The number of benzene rings is 2. The minimum absolute atomic E-state index is 0.0352. The Labute approximate surface area is 176 Å². The molecule has 1 aliphatic carbocycles. The quantitative estimate of drug-likeness (QED) is 0.297. The number of ketones is 1. The van der Waals surface area contributed by atoms with Gasteiger partial charge in [0.05, 0.1) is 38.1 Å². The van der Waals surface area contributed by atoms with E-state index in [0.717, 1.165) is 46.1 Å². The van der Waals surface area contributed by atoms with Gasteiger partial charge in [0.2, 0.25) is 0 Å². The standard InChI is InChI=1S/C25H25N3O2/c1-28(13-3-2-4-14-28)15-11-22(29)27-18-8-9-19-21(16-18)25(30)20-7-5-6-17-10-12-26-24(19)23(17)20/h5-10,12,16H,2-4,11,13-15H2,1H3. The molecule has 5 rings (SSSR count). The number of carbonyl (C=O) groups is 1. The monoisotopic (exact) mass is 399 g/mol. The van der Waals surface area contributed by atoms with Crippen molar-refractivity contribution >= 4 is 28.1 Å². The van der Waals surface area contributed by atoms with Crippen molar-refractivity contribution in [2.24, 2.45) is 4.99 Å². The highest BCUT2D eigenvalue weighted by Crippen LogP contribution is 2.39. The lowest BCUT2D eigenvalue weighted by molar-refractivity contribution is -0.913. The molecule has 1 aromatic heterocycles. The van der Waals surface area contributed by atoms with Gasteiger partial charge in [-0.25, -0.2) is 0 Å². The zero-order chi connectivity index (χ0) is 20.7. The average molecular weight is 399 g/mol. The van der Waals surface area contributed by atoms with Gasteiger partial charge in [-0.1, -0.05) is 18.2 Å². The van der Waals surface area contributed by atoms with E-state index in [1.807, 2.05) is 36.4 Å². The molecule has 3 aromatic rings. The molecule has 0 amide bonds. The van der Waals surface area contributed by atoms with E-state index in [0.29, 0.717) is 23.2 Å². The van der Waals surface area contributed by atoms with Gasteiger partial charge in [0.15, 0.2) is 5.78 Å². The minimum atomic E-state index is -0.122. The molecule has 0 spiro atoms. The fourth-order valence-electron chi connectivity index (χ4n) is 4.83. The molecule has 1 aliphatic heterocycles. The van der Waals surface area contributed by atoms with Crippen molar-refractivity contribution in [3.63, 3.8) is 0 Å². The largest absolute Gasteiger partial charge is 0.862 e. The van der Waals surface area contributed by atoms with Crippen LogP contribution in [0.25, 0.3) is 22.0 Å². The van der Waals surface area contributed by atoms with Gasteiger partial charge in [0, 0.05) is 34.7 Å². The molecule has 2 aromatic carbocycles. The number of likely N-dealkylation sites (tertiary alicyclic amines) is 1. The Balaban J connectivity index is 1.44. The number of hydrogen-bond donors (Lipinski definition) is 0. The van der Waals surface area contributed by atoms with Crippen molar-refractivity contribution in [2.45, 2.75) is 25.7 Å². The van der Waals surface area contributed by atoms with Gasteiger partial charge >= 0.3 is 0 Å². The minimum Gasteiger partial charge on any atom is -0.862 e. The SMILES string of the molecule is C[N+]1(CCC([O-])=Nc2ccc3c(c2)C(=O)c2cccc4ccnc-3c24)CCCCC1. The number of fused-ring (bicyclic) bond motifs is 2. The summed E-state index contributed by atoms with van der Waals surface area (Å²) in [6.45, 7) is 3.10. The summed E-state index contributed by atoms with van der Waals surface area (Å²) in [5, 5.41) is 14.4. The van der Waals surface area contributed by atoms with Gasteiger partial charge in [-0.2, -0.15) is 0 Å². The van der Waals surface area contributed by atoms with E-state index in [4.69, 9.17) is 0 Å². The molecule has 5 heteroatoms. The van der Waals surface area contributed by atoms with Crippen LogP contribution in [0.2, 0.25) is 0 Å². The van der Waals surface area contributed by atoms with Gasteiger partial charge < -0.3 is 9.59 Å². The van der Waals surface area contributed by atoms with Crippen molar-refractivity contribution in [3.05, 3.63) is 59.8 Å². The smallest absolute Gasteiger partial charge is 0.194 e. The van der Waals surface area contributed by atoms with Crippen LogP contribution in [0.1, 0.15) is 41.6 Å². The zero-order valence-electron chi connectivity index (χ0n) is 17.2. The van der Waals surface area contributed by atoms with Crippen LogP contribution in [0.3, 0.4) is 0 Å². The van der Waals surface area contributed by atoms with Crippen LogP contribution < -0.4 is 5.11 Å². The predicted molar refractivity (Wildman–Crippen MR) is 117 cm³/mol. The van der Waals surface area contributed by atoms with Crippen molar-refractivity contribution < 1.29 is 14.4 Å². The topological polar surface area (TPSA) is 65.4 Å². The molecule has 0 radical (unpaired) electrons. The highest BCUT2D eigenvalue weighted by molar-refractivity contribution is 6.25. The van der Waals surface area contributed by atoms with Crippen LogP contribution in [0.5, 0.6) is 0 Å². The third-order valence-electron chi connectivity index (χ3n) is 6.55. The fourth-order valence-corrected chi connectivity index (χ4v) is 4.83. The number of rotatable bonds is 4. The number of nitrogens with zero attached hydrogens (tertiary/aromatic N) is 3. The molecule has 0 saturated carbocycles. The van der Waals surface area contributed by atoms with E-state index < -0.39 is 0 Å². The molecule has 2 aliphatic rings. The van der Waals surface area contributed by atoms with Crippen LogP contribution in [-0.2, 0) is 0 Å². The molecule has 0 unspecified atom stereocenters. The number of hydrogen-bond acceptors (Lipinski definition) is 4. The molecule has 1 saturated heterocycles. The van der Waals surface area contributed by atoms with E-state index in [-0.39, 0.29) is 11.7 Å². The third-order valence-corrected chi connectivity index (χ3v) is 6.55. The van der Waals surface area contributed by atoms with Gasteiger partial charge in [-0.15, -0.1) is 0 Å². The number of piperidine rings is 1. The maximum absolute atomic E-state index is 13.1. The first-order valence-electron chi connectivity index (χ1n) is 10.7. The lowest BCUT2D eigenvalue weighted by Gasteiger charge is -2.38. The van der Waals surface area contributed by atoms with Crippen LogP contribution in [0, 0.1) is 0 Å². The molecule has 30 heavy (non-hydrogen) atoms. The van der Waals surface area contributed by atoms with E-state index in [1.165, 1.54) is 19.3 Å². The van der Waals surface area contributed by atoms with Crippen LogP contribution in [-0.4, -0.2) is 47.8 Å². The Hall–Kier alpha value is -3.05. The maximum atomic E-state index is 13.1. The second kappa shape index (κ2) is 7.33. The number of aromatic nitrogens is 1. The molecule has 152 valence electrons. The first kappa shape index (κ1) is 18.9. The second-order valence-corrected chi connectivity index (χ2v) is 8.73. The molecular weight excluding hydrogens is 374 g/mol. The summed E-state index contributed by atoms with van der Waals surface area (Å²) >= 11 is 0. The highest BCUT2D eigenvalue weighted by atomic mass is 16.3. The number of aliphatic imine (C=N–C) groups is 1. The van der Waals surface area contributed by atoms with Crippen LogP contribution >= 0.6 is 0 Å². The summed E-state index contributed by atoms with van der Waals surface area (Å²) in [7, 11) is 2.23. The molecule has 5 nitrogen and oxygen atoms in total. The first-order chi connectivity index (χ1) is 14.5. The summed E-state index contributed by atoms with van der Waals surface area (Å²) < 4.78 is 0.955. The lowest BCUT2D eigenvalue weighted by Crippen LogP contribution is -2.49. The summed E-state index contributed by atoms with van der Waals surface area (Å²) in [6.07, 6.45) is 5.97. The van der Waals surface area contributed by atoms with E-state index in [1.54, 1.807) is 12.3 Å². The van der Waals surface area contributed by atoms with Gasteiger partial charge in [0.1, 0.15) is 0 Å². The average Bonchev–Trinajstić information content (AvgIpc) is 2.76. The summed E-state index contributed by atoms with van der Waals surface area (Å²) in [4.78, 5) is 22.0. The van der Waals surface area contributed by atoms with E-state index in [9.17, 15) is 9.90 Å². The highest BCUT2D eigenvalue weighted by Gasteiger charge is 2.26. The normalized spacial score (nSPS) is 17.8. The Bertz CT molecular complexity index is 1170. The molecule has 0 bridgehead atoms. The van der Waals surface area contributed by atoms with Crippen molar-refractivity contribution in [1.29, 1.82) is 0 Å². The Morgan fingerprint density at radius 2 is 1.90 bits per heavy atom. The second-order valence-electron chi connectivity index (χ2n) is 8.73. The summed E-state index contributed by atoms with van der Waals surface area (Å²) in [5.74, 6) is -0.157. The van der Waals surface area contributed by atoms with Crippen molar-refractivity contribution in [2.75, 3.05) is 26.7 Å². The summed E-state index contributed by atoms with van der Waals surface area (Å²) in [5.41, 5.74) is 3.40. The Morgan fingerprint density at radius 3 is 2.73 bits per heavy atom. The summed E-state index contributed by atoms with van der Waals surface area (Å²) in [6, 6.07) is 13.1. The number of quaternary nitrogens is 1. The Morgan fingerprint density at radius 1 is 1.07 bits per heavy atom. The molecule has 0 atom stereocenters. The predicted octanol–water partition coefficient (Wildman–Crippen LogP) is 3.86. The zero-order valence-corrected chi connectivity index (χ0v) is 17.2. The molecule has 0 N–H and O–H groups in total. The third kappa shape index (κ3) is 3.29. The molecule has 1 fully saturated rings. The van der Waals surface area contributed by atoms with Gasteiger partial charge in [-0.05, 0) is 54.8 Å².